The summed E-state index contributed by atoms with van der Waals surface area (Å²) < 4.78 is 31.6. The molecule has 2 N–H and O–H groups in total. The lowest BCUT2D eigenvalue weighted by atomic mass is 9.93. The minimum absolute atomic E-state index is 0.200. The van der Waals surface area contributed by atoms with Crippen LogP contribution in [0, 0.1) is 11.6 Å². The highest BCUT2D eigenvalue weighted by Gasteiger charge is 2.41. The van der Waals surface area contributed by atoms with Gasteiger partial charge in [-0.25, -0.2) is 18.4 Å². The molecule has 1 saturated heterocycles. The summed E-state index contributed by atoms with van der Waals surface area (Å²) >= 11 is 0. The van der Waals surface area contributed by atoms with Gasteiger partial charge in [0, 0.05) is 6.07 Å². The monoisotopic (exact) mass is 374 g/mol. The lowest BCUT2D eigenvalue weighted by Crippen LogP contribution is -2.43. The lowest BCUT2D eigenvalue weighted by Gasteiger charge is -2.20. The van der Waals surface area contributed by atoms with Crippen molar-refractivity contribution in [1.29, 1.82) is 0 Å². The Balaban J connectivity index is 1.61. The molecule has 140 valence electrons. The van der Waals surface area contributed by atoms with Crippen LogP contribution in [0.1, 0.15) is 29.3 Å². The minimum Gasteiger partial charge on any atom is -0.423 e. The fourth-order valence-corrected chi connectivity index (χ4v) is 2.69. The Morgan fingerprint density at radius 1 is 1.11 bits per heavy atom. The van der Waals surface area contributed by atoms with E-state index in [4.69, 9.17) is 4.74 Å². The molecule has 1 aliphatic heterocycles. The van der Waals surface area contributed by atoms with Gasteiger partial charge in [0.15, 0.2) is 0 Å². The van der Waals surface area contributed by atoms with E-state index in [9.17, 15) is 23.2 Å². The first-order valence-electron chi connectivity index (χ1n) is 8.17. The second-order valence-corrected chi connectivity index (χ2v) is 6.40. The summed E-state index contributed by atoms with van der Waals surface area (Å²) in [5.41, 5.74) is -0.475. The molecular weight excluding hydrogens is 358 g/mol. The van der Waals surface area contributed by atoms with Crippen molar-refractivity contribution in [2.75, 3.05) is 0 Å². The zero-order valence-electron chi connectivity index (χ0n) is 14.3. The van der Waals surface area contributed by atoms with E-state index in [1.54, 1.807) is 19.1 Å². The summed E-state index contributed by atoms with van der Waals surface area (Å²) in [4.78, 5) is 35.0. The standard InChI is InChI=1S/C19H16F2N2O4/c1-19(17(25)22-18(26)23-19)9-8-11-2-5-13(6-3-11)27-16(24)14-7-4-12(20)10-15(14)21/h2-7,10H,8-9H2,1H3,(H2,22,23,25,26)/t19-/m0/s1. The van der Waals surface area contributed by atoms with E-state index in [0.717, 1.165) is 17.7 Å². The molecule has 0 spiro atoms. The highest BCUT2D eigenvalue weighted by Crippen LogP contribution is 2.21. The Hall–Kier alpha value is -3.29. The molecule has 6 nitrogen and oxygen atoms in total. The summed E-state index contributed by atoms with van der Waals surface area (Å²) in [6, 6.07) is 8.54. The molecule has 27 heavy (non-hydrogen) atoms. The zero-order chi connectivity index (χ0) is 19.6. The molecule has 1 fully saturated rings. The second kappa shape index (κ2) is 7.14. The van der Waals surface area contributed by atoms with Crippen LogP contribution in [-0.2, 0) is 11.2 Å². The van der Waals surface area contributed by atoms with Gasteiger partial charge in [0.25, 0.3) is 5.91 Å². The lowest BCUT2D eigenvalue weighted by molar-refractivity contribution is -0.123. The second-order valence-electron chi connectivity index (χ2n) is 6.40. The van der Waals surface area contributed by atoms with Gasteiger partial charge in [-0.05, 0) is 49.6 Å². The van der Waals surface area contributed by atoms with Gasteiger partial charge in [0.2, 0.25) is 0 Å². The summed E-state index contributed by atoms with van der Waals surface area (Å²) in [6.45, 7) is 1.64. The Morgan fingerprint density at radius 2 is 1.81 bits per heavy atom. The van der Waals surface area contributed by atoms with Gasteiger partial charge in [-0.2, -0.15) is 0 Å². The number of amides is 3. The van der Waals surface area contributed by atoms with E-state index >= 15 is 0 Å². The van der Waals surface area contributed by atoms with Crippen LogP contribution in [0.2, 0.25) is 0 Å². The molecule has 0 bridgehead atoms. The predicted octanol–water partition coefficient (Wildman–Crippen LogP) is 2.71. The van der Waals surface area contributed by atoms with E-state index < -0.39 is 29.2 Å². The van der Waals surface area contributed by atoms with Crippen molar-refractivity contribution in [2.45, 2.75) is 25.3 Å². The number of imide groups is 1. The number of ether oxygens (including phenoxy) is 1. The molecular formula is C19H16F2N2O4. The van der Waals surface area contributed by atoms with Crippen LogP contribution < -0.4 is 15.4 Å². The van der Waals surface area contributed by atoms with Crippen LogP contribution in [0.15, 0.2) is 42.5 Å². The number of nitrogens with one attached hydrogen (secondary N) is 2. The summed E-state index contributed by atoms with van der Waals surface area (Å²) in [5, 5.41) is 4.78. The fourth-order valence-electron chi connectivity index (χ4n) is 2.69. The number of carbonyl (C=O) groups is 3. The molecule has 0 aliphatic carbocycles. The number of esters is 1. The number of hydrogen-bond donors (Lipinski definition) is 2. The van der Waals surface area contributed by atoms with Gasteiger partial charge in [0.1, 0.15) is 22.9 Å². The first-order valence-corrected chi connectivity index (χ1v) is 8.17. The highest BCUT2D eigenvalue weighted by molar-refractivity contribution is 6.06. The van der Waals surface area contributed by atoms with Crippen LogP contribution >= 0.6 is 0 Å². The Kier molecular flexibility index (Phi) is 4.89. The average molecular weight is 374 g/mol. The minimum atomic E-state index is -0.998. The van der Waals surface area contributed by atoms with Crippen molar-refractivity contribution < 1.29 is 27.9 Å². The van der Waals surface area contributed by atoms with Crippen molar-refractivity contribution >= 4 is 17.9 Å². The molecule has 0 radical (unpaired) electrons. The Bertz CT molecular complexity index is 914. The molecule has 0 unspecified atom stereocenters. The molecule has 1 atom stereocenters. The molecule has 1 heterocycles. The number of urea groups is 1. The maximum absolute atomic E-state index is 13.6. The first kappa shape index (κ1) is 18.5. The van der Waals surface area contributed by atoms with E-state index in [-0.39, 0.29) is 17.2 Å². The molecule has 0 saturated carbocycles. The number of rotatable bonds is 5. The number of benzene rings is 2. The quantitative estimate of drug-likeness (QED) is 0.479. The SMILES string of the molecule is C[C@@]1(CCc2ccc(OC(=O)c3ccc(F)cc3F)cc2)NC(=O)NC1=O. The summed E-state index contributed by atoms with van der Waals surface area (Å²) in [5.74, 6) is -2.89. The number of hydrogen-bond acceptors (Lipinski definition) is 4. The van der Waals surface area contributed by atoms with Crippen molar-refractivity contribution in [1.82, 2.24) is 10.6 Å². The van der Waals surface area contributed by atoms with Gasteiger partial charge in [-0.1, -0.05) is 12.1 Å². The molecule has 0 aromatic heterocycles. The fraction of sp³-hybridized carbons (Fsp3) is 0.211. The molecule has 1 aliphatic rings. The number of carbonyl (C=O) groups excluding carboxylic acids is 3. The largest absolute Gasteiger partial charge is 0.423 e. The van der Waals surface area contributed by atoms with Gasteiger partial charge in [-0.3, -0.25) is 10.1 Å². The topological polar surface area (TPSA) is 84.5 Å². The van der Waals surface area contributed by atoms with Crippen molar-refractivity contribution in [3.8, 4) is 5.75 Å². The van der Waals surface area contributed by atoms with Gasteiger partial charge in [0.05, 0.1) is 5.56 Å². The van der Waals surface area contributed by atoms with Crippen LogP contribution in [0.25, 0.3) is 0 Å². The third-order valence-corrected chi connectivity index (χ3v) is 4.32. The van der Waals surface area contributed by atoms with E-state index in [1.165, 1.54) is 12.1 Å². The van der Waals surface area contributed by atoms with E-state index in [0.29, 0.717) is 18.9 Å². The van der Waals surface area contributed by atoms with Crippen molar-refractivity contribution in [3.05, 3.63) is 65.2 Å². The molecule has 3 rings (SSSR count). The van der Waals surface area contributed by atoms with Crippen molar-refractivity contribution in [3.63, 3.8) is 0 Å². The van der Waals surface area contributed by atoms with Gasteiger partial charge >= 0.3 is 12.0 Å². The maximum atomic E-state index is 13.6. The van der Waals surface area contributed by atoms with Gasteiger partial charge in [-0.15, -0.1) is 0 Å². The maximum Gasteiger partial charge on any atom is 0.346 e. The molecule has 3 amide bonds. The van der Waals surface area contributed by atoms with Gasteiger partial charge < -0.3 is 10.1 Å². The van der Waals surface area contributed by atoms with Crippen LogP contribution in [-0.4, -0.2) is 23.4 Å². The number of halogens is 2. The highest BCUT2D eigenvalue weighted by atomic mass is 19.1. The van der Waals surface area contributed by atoms with E-state index in [1.807, 2.05) is 0 Å². The summed E-state index contributed by atoms with van der Waals surface area (Å²) in [7, 11) is 0. The normalized spacial score (nSPS) is 18.8. The van der Waals surface area contributed by atoms with E-state index in [2.05, 4.69) is 10.6 Å². The summed E-state index contributed by atoms with van der Waals surface area (Å²) in [6.07, 6.45) is 0.898. The van der Waals surface area contributed by atoms with Crippen LogP contribution in [0.4, 0.5) is 13.6 Å². The number of aryl methyl sites for hydroxylation is 1. The third kappa shape index (κ3) is 4.11. The molecule has 8 heteroatoms. The molecule has 2 aromatic rings. The Labute approximate surface area is 153 Å². The smallest absolute Gasteiger partial charge is 0.346 e. The molecule has 2 aromatic carbocycles. The zero-order valence-corrected chi connectivity index (χ0v) is 14.3. The van der Waals surface area contributed by atoms with Crippen LogP contribution in [0.5, 0.6) is 5.75 Å². The third-order valence-electron chi connectivity index (χ3n) is 4.32. The first-order chi connectivity index (χ1) is 12.8. The predicted molar refractivity (Wildman–Crippen MR) is 91.2 cm³/mol. The Morgan fingerprint density at radius 3 is 2.41 bits per heavy atom. The average Bonchev–Trinajstić information content (AvgIpc) is 2.86. The van der Waals surface area contributed by atoms with Crippen molar-refractivity contribution in [2.24, 2.45) is 0 Å². The van der Waals surface area contributed by atoms with Crippen LogP contribution in [0.3, 0.4) is 0 Å².